The Morgan fingerprint density at radius 2 is 1.59 bits per heavy atom. The van der Waals surface area contributed by atoms with E-state index in [1.165, 1.54) is 38.5 Å². The fourth-order valence-corrected chi connectivity index (χ4v) is 4.92. The number of hydrogen-bond acceptors (Lipinski definition) is 3. The van der Waals surface area contributed by atoms with Crippen molar-refractivity contribution in [3.05, 3.63) is 0 Å². The number of hydrogen-bond donors (Lipinski definition) is 3. The zero-order chi connectivity index (χ0) is 20.5. The SMILES string of the molecule is CN=C(NCCC(=O)NC1CCCCC1)NC1CCN(C(=O)C2CCCCC2)C1. The predicted molar refractivity (Wildman–Crippen MR) is 116 cm³/mol. The molecule has 0 aromatic heterocycles. The van der Waals surface area contributed by atoms with E-state index in [1.807, 2.05) is 4.90 Å². The molecule has 7 nitrogen and oxygen atoms in total. The first kappa shape index (κ1) is 21.9. The Morgan fingerprint density at radius 1 is 0.897 bits per heavy atom. The number of amides is 2. The molecule has 2 saturated carbocycles. The summed E-state index contributed by atoms with van der Waals surface area (Å²) < 4.78 is 0. The lowest BCUT2D eigenvalue weighted by Crippen LogP contribution is -2.46. The number of nitrogens with one attached hydrogen (secondary N) is 3. The number of carbonyl (C=O) groups is 2. The van der Waals surface area contributed by atoms with Gasteiger partial charge in [0.25, 0.3) is 0 Å². The highest BCUT2D eigenvalue weighted by atomic mass is 16.2. The van der Waals surface area contributed by atoms with Crippen molar-refractivity contribution in [1.82, 2.24) is 20.9 Å². The average molecular weight is 406 g/mol. The van der Waals surface area contributed by atoms with E-state index in [1.54, 1.807) is 7.05 Å². The summed E-state index contributed by atoms with van der Waals surface area (Å²) in [4.78, 5) is 31.2. The zero-order valence-corrected chi connectivity index (χ0v) is 18.0. The van der Waals surface area contributed by atoms with Crippen molar-refractivity contribution in [2.75, 3.05) is 26.7 Å². The van der Waals surface area contributed by atoms with E-state index in [9.17, 15) is 9.59 Å². The van der Waals surface area contributed by atoms with Gasteiger partial charge in [0.05, 0.1) is 0 Å². The molecule has 164 valence electrons. The van der Waals surface area contributed by atoms with E-state index in [2.05, 4.69) is 20.9 Å². The molecule has 7 heteroatoms. The van der Waals surface area contributed by atoms with E-state index in [4.69, 9.17) is 0 Å². The second-order valence-corrected chi connectivity index (χ2v) is 8.90. The molecular weight excluding hydrogens is 366 g/mol. The number of aliphatic imine (C=N–C) groups is 1. The molecule has 3 fully saturated rings. The fraction of sp³-hybridized carbons (Fsp3) is 0.864. The average Bonchev–Trinajstić information content (AvgIpc) is 3.22. The Labute approximate surface area is 175 Å². The molecule has 0 aromatic rings. The van der Waals surface area contributed by atoms with Crippen molar-refractivity contribution in [2.24, 2.45) is 10.9 Å². The maximum absolute atomic E-state index is 12.7. The highest BCUT2D eigenvalue weighted by Gasteiger charge is 2.31. The van der Waals surface area contributed by atoms with Crippen LogP contribution in [0.2, 0.25) is 0 Å². The predicted octanol–water partition coefficient (Wildman–Crippen LogP) is 2.17. The minimum Gasteiger partial charge on any atom is -0.356 e. The zero-order valence-electron chi connectivity index (χ0n) is 18.0. The highest BCUT2D eigenvalue weighted by Crippen LogP contribution is 2.26. The van der Waals surface area contributed by atoms with Gasteiger partial charge in [-0.2, -0.15) is 0 Å². The van der Waals surface area contributed by atoms with Crippen molar-refractivity contribution in [2.45, 2.75) is 89.1 Å². The van der Waals surface area contributed by atoms with Gasteiger partial charge in [0, 0.05) is 51.1 Å². The lowest BCUT2D eigenvalue weighted by atomic mass is 9.88. The smallest absolute Gasteiger partial charge is 0.225 e. The number of nitrogens with zero attached hydrogens (tertiary/aromatic N) is 2. The summed E-state index contributed by atoms with van der Waals surface area (Å²) >= 11 is 0. The fourth-order valence-electron chi connectivity index (χ4n) is 4.92. The third-order valence-electron chi connectivity index (χ3n) is 6.63. The van der Waals surface area contributed by atoms with Gasteiger partial charge >= 0.3 is 0 Å². The quantitative estimate of drug-likeness (QED) is 0.467. The van der Waals surface area contributed by atoms with Crippen molar-refractivity contribution < 1.29 is 9.59 Å². The molecule has 0 radical (unpaired) electrons. The van der Waals surface area contributed by atoms with Crippen LogP contribution in [-0.2, 0) is 9.59 Å². The summed E-state index contributed by atoms with van der Waals surface area (Å²) in [6.07, 6.45) is 13.1. The monoisotopic (exact) mass is 405 g/mol. The van der Waals surface area contributed by atoms with Crippen LogP contribution in [0.5, 0.6) is 0 Å². The number of rotatable bonds is 6. The Balaban J connectivity index is 1.33. The first-order valence-corrected chi connectivity index (χ1v) is 11.7. The maximum atomic E-state index is 12.7. The molecule has 1 unspecified atom stereocenters. The van der Waals surface area contributed by atoms with Crippen molar-refractivity contribution in [3.63, 3.8) is 0 Å². The first-order valence-electron chi connectivity index (χ1n) is 11.7. The largest absolute Gasteiger partial charge is 0.356 e. The van der Waals surface area contributed by atoms with Crippen LogP contribution in [0.25, 0.3) is 0 Å². The molecule has 2 aliphatic carbocycles. The molecule has 1 atom stereocenters. The molecule has 0 spiro atoms. The second kappa shape index (κ2) is 11.4. The van der Waals surface area contributed by atoms with Gasteiger partial charge < -0.3 is 20.9 Å². The lowest BCUT2D eigenvalue weighted by Gasteiger charge is -2.26. The molecule has 1 saturated heterocycles. The molecule has 0 bridgehead atoms. The third kappa shape index (κ3) is 6.89. The summed E-state index contributed by atoms with van der Waals surface area (Å²) in [7, 11) is 1.75. The van der Waals surface area contributed by atoms with E-state index in [-0.39, 0.29) is 17.9 Å². The van der Waals surface area contributed by atoms with Gasteiger partial charge in [0.15, 0.2) is 5.96 Å². The van der Waals surface area contributed by atoms with Crippen LogP contribution in [0.4, 0.5) is 0 Å². The standard InChI is InChI=1S/C22H39N5O2/c1-23-22(24-14-12-20(28)25-18-10-6-3-7-11-18)26-19-13-15-27(16-19)21(29)17-8-4-2-5-9-17/h17-19H,2-16H2,1H3,(H,25,28)(H2,23,24,26). The minimum absolute atomic E-state index is 0.116. The van der Waals surface area contributed by atoms with Crippen LogP contribution in [0.1, 0.15) is 77.0 Å². The van der Waals surface area contributed by atoms with Gasteiger partial charge in [-0.05, 0) is 32.1 Å². The number of carbonyl (C=O) groups excluding carboxylic acids is 2. The molecule has 1 heterocycles. The van der Waals surface area contributed by atoms with Gasteiger partial charge in [-0.1, -0.05) is 38.5 Å². The van der Waals surface area contributed by atoms with Crippen LogP contribution in [0.15, 0.2) is 4.99 Å². The molecule has 3 rings (SSSR count). The number of likely N-dealkylation sites (tertiary alicyclic amines) is 1. The van der Waals surface area contributed by atoms with Gasteiger partial charge in [-0.15, -0.1) is 0 Å². The molecule has 2 amide bonds. The Kier molecular flexibility index (Phi) is 8.62. The molecule has 1 aliphatic heterocycles. The Morgan fingerprint density at radius 3 is 2.28 bits per heavy atom. The van der Waals surface area contributed by atoms with Gasteiger partial charge in [-0.25, -0.2) is 0 Å². The van der Waals surface area contributed by atoms with Gasteiger partial charge in [0.2, 0.25) is 11.8 Å². The highest BCUT2D eigenvalue weighted by molar-refractivity contribution is 5.82. The first-order chi connectivity index (χ1) is 14.2. The summed E-state index contributed by atoms with van der Waals surface area (Å²) in [5.74, 6) is 1.41. The maximum Gasteiger partial charge on any atom is 0.225 e. The van der Waals surface area contributed by atoms with E-state index >= 15 is 0 Å². The second-order valence-electron chi connectivity index (χ2n) is 8.90. The topological polar surface area (TPSA) is 85.8 Å². The van der Waals surface area contributed by atoms with Crippen LogP contribution in [0, 0.1) is 5.92 Å². The van der Waals surface area contributed by atoms with Crippen molar-refractivity contribution >= 4 is 17.8 Å². The van der Waals surface area contributed by atoms with Crippen molar-refractivity contribution in [1.29, 1.82) is 0 Å². The Bertz CT molecular complexity index is 568. The van der Waals surface area contributed by atoms with Crippen molar-refractivity contribution in [3.8, 4) is 0 Å². The number of guanidine groups is 1. The van der Waals surface area contributed by atoms with Gasteiger partial charge in [0.1, 0.15) is 0 Å². The molecule has 3 aliphatic rings. The van der Waals surface area contributed by atoms with Crippen LogP contribution < -0.4 is 16.0 Å². The van der Waals surface area contributed by atoms with Crippen LogP contribution in [0.3, 0.4) is 0 Å². The van der Waals surface area contributed by atoms with E-state index in [0.29, 0.717) is 30.9 Å². The van der Waals surface area contributed by atoms with Crippen LogP contribution >= 0.6 is 0 Å². The molecule has 29 heavy (non-hydrogen) atoms. The Hall–Kier alpha value is -1.79. The lowest BCUT2D eigenvalue weighted by molar-refractivity contribution is -0.135. The van der Waals surface area contributed by atoms with E-state index in [0.717, 1.165) is 45.2 Å². The summed E-state index contributed by atoms with van der Waals surface area (Å²) in [6, 6.07) is 0.588. The van der Waals surface area contributed by atoms with Gasteiger partial charge in [-0.3, -0.25) is 14.6 Å². The normalized spacial score (nSPS) is 24.4. The third-order valence-corrected chi connectivity index (χ3v) is 6.63. The molecular formula is C22H39N5O2. The molecule has 0 aromatic carbocycles. The summed E-state index contributed by atoms with van der Waals surface area (Å²) in [6.45, 7) is 2.14. The van der Waals surface area contributed by atoms with Crippen LogP contribution in [-0.4, -0.2) is 61.4 Å². The summed E-state index contributed by atoms with van der Waals surface area (Å²) in [5.41, 5.74) is 0. The summed E-state index contributed by atoms with van der Waals surface area (Å²) in [5, 5.41) is 9.82. The van der Waals surface area contributed by atoms with E-state index < -0.39 is 0 Å². The minimum atomic E-state index is 0.116. The molecule has 3 N–H and O–H groups in total.